The van der Waals surface area contributed by atoms with Crippen molar-refractivity contribution in [2.75, 3.05) is 5.75 Å². The van der Waals surface area contributed by atoms with Crippen LogP contribution in [-0.2, 0) is 4.79 Å². The molecule has 1 unspecified atom stereocenters. The number of aliphatic imine (C=N–C) groups is 1. The highest BCUT2D eigenvalue weighted by Gasteiger charge is 2.25. The first kappa shape index (κ1) is 11.9. The summed E-state index contributed by atoms with van der Waals surface area (Å²) < 4.78 is 0. The smallest absolute Gasteiger partial charge is 0.329 e. The summed E-state index contributed by atoms with van der Waals surface area (Å²) >= 11 is 1.35. The lowest BCUT2D eigenvalue weighted by Crippen LogP contribution is -2.17. The molecule has 1 aromatic rings. The number of carbonyl (C=O) groups excluding carboxylic acids is 1. The second-order valence-electron chi connectivity index (χ2n) is 3.65. The number of aliphatic carboxylic acids is 1. The topological polar surface area (TPSA) is 66.7 Å². The van der Waals surface area contributed by atoms with E-state index >= 15 is 0 Å². The molecule has 0 aromatic heterocycles. The molecule has 5 heteroatoms. The molecule has 0 saturated carbocycles. The van der Waals surface area contributed by atoms with Crippen LogP contribution in [0.4, 0.5) is 0 Å². The number of hydrogen-bond acceptors (Lipinski definition) is 4. The Morgan fingerprint density at radius 3 is 2.65 bits per heavy atom. The quantitative estimate of drug-likeness (QED) is 0.827. The lowest BCUT2D eigenvalue weighted by Gasteiger charge is -1.99. The number of carboxylic acid groups (broad SMARTS) is 1. The van der Waals surface area contributed by atoms with E-state index < -0.39 is 12.0 Å². The third-order valence-electron chi connectivity index (χ3n) is 2.40. The second kappa shape index (κ2) is 5.14. The molecule has 1 N–H and O–H groups in total. The van der Waals surface area contributed by atoms with Crippen LogP contribution in [0.5, 0.6) is 0 Å². The minimum Gasteiger partial charge on any atom is -0.480 e. The first-order chi connectivity index (χ1) is 8.16. The van der Waals surface area contributed by atoms with Crippen molar-refractivity contribution in [2.24, 2.45) is 4.99 Å². The summed E-state index contributed by atoms with van der Waals surface area (Å²) in [5.74, 6) is -0.533. The molecular formula is C12H11NO3S. The van der Waals surface area contributed by atoms with Crippen molar-refractivity contribution in [3.8, 4) is 0 Å². The highest BCUT2D eigenvalue weighted by Crippen LogP contribution is 2.21. The number of carbonyl (C=O) groups is 2. The van der Waals surface area contributed by atoms with Gasteiger partial charge in [0, 0.05) is 11.3 Å². The van der Waals surface area contributed by atoms with Crippen molar-refractivity contribution >= 4 is 28.6 Å². The van der Waals surface area contributed by atoms with E-state index in [-0.39, 0.29) is 12.2 Å². The Balaban J connectivity index is 2.01. The van der Waals surface area contributed by atoms with E-state index in [2.05, 4.69) is 4.99 Å². The van der Waals surface area contributed by atoms with Crippen LogP contribution in [0.1, 0.15) is 16.8 Å². The van der Waals surface area contributed by atoms with Gasteiger partial charge < -0.3 is 5.11 Å². The molecule has 1 aliphatic heterocycles. The van der Waals surface area contributed by atoms with Crippen molar-refractivity contribution in [1.29, 1.82) is 0 Å². The molecule has 0 bridgehead atoms. The van der Waals surface area contributed by atoms with E-state index in [1.165, 1.54) is 11.8 Å². The van der Waals surface area contributed by atoms with Gasteiger partial charge in [-0.25, -0.2) is 4.79 Å². The van der Waals surface area contributed by atoms with Crippen LogP contribution in [-0.4, -0.2) is 33.7 Å². The average Bonchev–Trinajstić information content (AvgIpc) is 2.79. The van der Waals surface area contributed by atoms with Crippen LogP contribution in [0.25, 0.3) is 0 Å². The van der Waals surface area contributed by atoms with Crippen LogP contribution in [0.2, 0.25) is 0 Å². The summed E-state index contributed by atoms with van der Waals surface area (Å²) in [6.07, 6.45) is 0.193. The molecule has 0 spiro atoms. The number of carboxylic acids is 1. The normalized spacial score (nSPS) is 18.8. The number of hydrogen-bond donors (Lipinski definition) is 1. The number of ketones is 1. The third-order valence-corrected chi connectivity index (χ3v) is 3.47. The first-order valence-corrected chi connectivity index (χ1v) is 6.16. The van der Waals surface area contributed by atoms with Gasteiger partial charge in [0.25, 0.3) is 0 Å². The zero-order chi connectivity index (χ0) is 12.3. The molecule has 0 amide bonds. The molecule has 88 valence electrons. The van der Waals surface area contributed by atoms with Crippen molar-refractivity contribution in [1.82, 2.24) is 0 Å². The van der Waals surface area contributed by atoms with E-state index in [1.807, 2.05) is 6.07 Å². The van der Waals surface area contributed by atoms with E-state index in [4.69, 9.17) is 5.11 Å². The fraction of sp³-hybridized carbons (Fsp3) is 0.250. The van der Waals surface area contributed by atoms with E-state index in [0.717, 1.165) is 0 Å². The Hall–Kier alpha value is -1.62. The Bertz CT molecular complexity index is 470. The van der Waals surface area contributed by atoms with Gasteiger partial charge in [-0.1, -0.05) is 30.3 Å². The first-order valence-electron chi connectivity index (χ1n) is 5.17. The maximum atomic E-state index is 11.8. The monoisotopic (exact) mass is 249 g/mol. The average molecular weight is 249 g/mol. The Morgan fingerprint density at radius 2 is 2.06 bits per heavy atom. The summed E-state index contributed by atoms with van der Waals surface area (Å²) in [5, 5.41) is 9.39. The van der Waals surface area contributed by atoms with Crippen LogP contribution in [0.3, 0.4) is 0 Å². The SMILES string of the molecule is O=C(CC1=NC(C(=O)O)CS1)c1ccccc1. The second-order valence-corrected chi connectivity index (χ2v) is 4.75. The Labute approximate surface area is 103 Å². The van der Waals surface area contributed by atoms with Gasteiger partial charge in [-0.3, -0.25) is 9.79 Å². The van der Waals surface area contributed by atoms with Gasteiger partial charge in [0.2, 0.25) is 0 Å². The maximum Gasteiger partial charge on any atom is 0.329 e. The minimum absolute atomic E-state index is 0.0251. The molecule has 0 saturated heterocycles. The summed E-state index contributed by atoms with van der Waals surface area (Å²) in [7, 11) is 0. The largest absolute Gasteiger partial charge is 0.480 e. The molecular weight excluding hydrogens is 238 g/mol. The number of thioether (sulfide) groups is 1. The highest BCUT2D eigenvalue weighted by molar-refractivity contribution is 8.14. The van der Waals surface area contributed by atoms with Crippen LogP contribution < -0.4 is 0 Å². The molecule has 0 radical (unpaired) electrons. The van der Waals surface area contributed by atoms with Gasteiger partial charge in [-0.15, -0.1) is 11.8 Å². The van der Waals surface area contributed by atoms with Gasteiger partial charge in [0.1, 0.15) is 0 Å². The fourth-order valence-corrected chi connectivity index (χ4v) is 2.51. The van der Waals surface area contributed by atoms with Gasteiger partial charge in [0.15, 0.2) is 11.8 Å². The van der Waals surface area contributed by atoms with Crippen molar-refractivity contribution in [2.45, 2.75) is 12.5 Å². The zero-order valence-corrected chi connectivity index (χ0v) is 9.81. The summed E-state index contributed by atoms with van der Waals surface area (Å²) in [5.41, 5.74) is 0.634. The van der Waals surface area contributed by atoms with Crippen molar-refractivity contribution in [3.05, 3.63) is 35.9 Å². The van der Waals surface area contributed by atoms with Crippen molar-refractivity contribution < 1.29 is 14.7 Å². The predicted molar refractivity (Wildman–Crippen MR) is 66.7 cm³/mol. The van der Waals surface area contributed by atoms with Crippen molar-refractivity contribution in [3.63, 3.8) is 0 Å². The number of nitrogens with zero attached hydrogens (tertiary/aromatic N) is 1. The van der Waals surface area contributed by atoms with Gasteiger partial charge in [0.05, 0.1) is 11.5 Å². The summed E-state index contributed by atoms with van der Waals surface area (Å²) in [4.78, 5) is 26.5. The summed E-state index contributed by atoms with van der Waals surface area (Å²) in [6.45, 7) is 0. The molecule has 4 nitrogen and oxygen atoms in total. The molecule has 17 heavy (non-hydrogen) atoms. The molecule has 1 aromatic carbocycles. The third kappa shape index (κ3) is 2.94. The van der Waals surface area contributed by atoms with Gasteiger partial charge in [-0.05, 0) is 0 Å². The van der Waals surface area contributed by atoms with Crippen LogP contribution in [0.15, 0.2) is 35.3 Å². The lowest BCUT2D eigenvalue weighted by molar-refractivity contribution is -0.137. The highest BCUT2D eigenvalue weighted by atomic mass is 32.2. The molecule has 0 aliphatic carbocycles. The minimum atomic E-state index is -0.931. The Morgan fingerprint density at radius 1 is 1.35 bits per heavy atom. The lowest BCUT2D eigenvalue weighted by atomic mass is 10.1. The van der Waals surface area contributed by atoms with E-state index in [0.29, 0.717) is 16.4 Å². The summed E-state index contributed by atoms with van der Waals surface area (Å²) in [6, 6.07) is 8.25. The van der Waals surface area contributed by atoms with E-state index in [9.17, 15) is 9.59 Å². The fourth-order valence-electron chi connectivity index (χ4n) is 1.51. The predicted octanol–water partition coefficient (Wildman–Crippen LogP) is 1.86. The Kier molecular flexibility index (Phi) is 3.58. The van der Waals surface area contributed by atoms with Crippen LogP contribution in [0, 0.1) is 0 Å². The molecule has 2 rings (SSSR count). The standard InChI is InChI=1S/C12H11NO3S/c14-10(8-4-2-1-3-5-8)6-11-13-9(7-17-11)12(15)16/h1-5,9H,6-7H2,(H,15,16). The van der Waals surface area contributed by atoms with Gasteiger partial charge in [-0.2, -0.15) is 0 Å². The maximum absolute atomic E-state index is 11.8. The van der Waals surface area contributed by atoms with Crippen LogP contribution >= 0.6 is 11.8 Å². The van der Waals surface area contributed by atoms with E-state index in [1.54, 1.807) is 24.3 Å². The zero-order valence-electron chi connectivity index (χ0n) is 9.00. The molecule has 1 aliphatic rings. The molecule has 1 atom stereocenters. The molecule has 1 heterocycles. The number of benzene rings is 1. The number of Topliss-reactive ketones (excluding diaryl/α,β-unsaturated/α-hetero) is 1. The molecule has 0 fully saturated rings. The number of rotatable bonds is 4. The van der Waals surface area contributed by atoms with Gasteiger partial charge >= 0.3 is 5.97 Å².